The van der Waals surface area contributed by atoms with Gasteiger partial charge in [-0.25, -0.2) is 22.9 Å². The van der Waals surface area contributed by atoms with Crippen molar-refractivity contribution < 1.29 is 18.3 Å². The molecule has 2 rings (SSSR count). The molecule has 0 saturated heterocycles. The first-order valence-electron chi connectivity index (χ1n) is 6.19. The number of carboxylic acids is 1. The van der Waals surface area contributed by atoms with E-state index < -0.39 is 16.0 Å². The van der Waals surface area contributed by atoms with Crippen LogP contribution < -0.4 is 4.72 Å². The maximum absolute atomic E-state index is 12.3. The van der Waals surface area contributed by atoms with Gasteiger partial charge >= 0.3 is 5.97 Å². The zero-order valence-electron chi connectivity index (χ0n) is 11.2. The average molecular weight is 326 g/mol. The lowest BCUT2D eigenvalue weighted by Gasteiger charge is -2.15. The number of hydrogen-bond acceptors (Lipinski definition) is 5. The molecule has 2 aromatic rings. The molecular weight excluding hydrogens is 312 g/mol. The molecule has 0 fully saturated rings. The van der Waals surface area contributed by atoms with Crippen molar-refractivity contribution in [3.8, 4) is 0 Å². The number of carbonyl (C=O) groups is 1. The Bertz CT molecular complexity index is 709. The lowest BCUT2D eigenvalue weighted by atomic mass is 10.2. The highest BCUT2D eigenvalue weighted by Gasteiger charge is 2.22. The highest BCUT2D eigenvalue weighted by Crippen LogP contribution is 2.23. The minimum atomic E-state index is -3.79. The Morgan fingerprint density at radius 2 is 2.19 bits per heavy atom. The molecule has 1 atom stereocenters. The Kier molecular flexibility index (Phi) is 4.71. The Labute approximate surface area is 126 Å². The van der Waals surface area contributed by atoms with Crippen LogP contribution in [0.25, 0.3) is 0 Å². The van der Waals surface area contributed by atoms with Crippen LogP contribution in [0.4, 0.5) is 0 Å². The van der Waals surface area contributed by atoms with E-state index in [0.29, 0.717) is 6.42 Å². The van der Waals surface area contributed by atoms with Crippen molar-refractivity contribution in [1.29, 1.82) is 0 Å². The first kappa shape index (κ1) is 15.6. The third-order valence-electron chi connectivity index (χ3n) is 2.85. The molecule has 0 radical (unpaired) electrons. The molecule has 0 bridgehead atoms. The van der Waals surface area contributed by atoms with Crippen LogP contribution in [-0.2, 0) is 10.0 Å². The van der Waals surface area contributed by atoms with E-state index in [4.69, 9.17) is 5.11 Å². The van der Waals surface area contributed by atoms with Crippen molar-refractivity contribution in [2.45, 2.75) is 24.4 Å². The molecule has 21 heavy (non-hydrogen) atoms. The van der Waals surface area contributed by atoms with Crippen LogP contribution >= 0.6 is 11.3 Å². The Morgan fingerprint density at radius 1 is 1.43 bits per heavy atom. The van der Waals surface area contributed by atoms with Gasteiger partial charge in [-0.05, 0) is 30.0 Å². The van der Waals surface area contributed by atoms with Gasteiger partial charge in [0.2, 0.25) is 0 Å². The highest BCUT2D eigenvalue weighted by molar-refractivity contribution is 7.89. The van der Waals surface area contributed by atoms with E-state index in [1.54, 1.807) is 0 Å². The van der Waals surface area contributed by atoms with Gasteiger partial charge in [0, 0.05) is 11.1 Å². The van der Waals surface area contributed by atoms with Crippen LogP contribution in [0, 0.1) is 0 Å². The quantitative estimate of drug-likeness (QED) is 0.849. The Balaban J connectivity index is 2.23. The van der Waals surface area contributed by atoms with Gasteiger partial charge in [-0.15, -0.1) is 11.3 Å². The first-order valence-corrected chi connectivity index (χ1v) is 8.55. The molecule has 0 aliphatic rings. The van der Waals surface area contributed by atoms with Crippen LogP contribution in [-0.4, -0.2) is 24.5 Å². The van der Waals surface area contributed by atoms with E-state index in [1.165, 1.54) is 23.5 Å². The molecule has 0 aliphatic carbocycles. The van der Waals surface area contributed by atoms with Crippen LogP contribution in [0.3, 0.4) is 0 Å². The number of aromatic carboxylic acids is 1. The maximum Gasteiger partial charge on any atom is 0.337 e. The minimum absolute atomic E-state index is 0.0563. The lowest BCUT2D eigenvalue weighted by molar-refractivity contribution is 0.0696. The van der Waals surface area contributed by atoms with Gasteiger partial charge in [-0.1, -0.05) is 13.0 Å². The number of nitrogens with zero attached hydrogens (tertiary/aromatic N) is 1. The molecule has 8 heteroatoms. The van der Waals surface area contributed by atoms with Gasteiger partial charge in [0.25, 0.3) is 10.0 Å². The van der Waals surface area contributed by atoms with E-state index in [2.05, 4.69) is 9.71 Å². The van der Waals surface area contributed by atoms with Gasteiger partial charge in [-0.3, -0.25) is 0 Å². The number of rotatable bonds is 6. The van der Waals surface area contributed by atoms with Gasteiger partial charge in [0.1, 0.15) is 0 Å². The second-order valence-electron chi connectivity index (χ2n) is 4.29. The van der Waals surface area contributed by atoms with Gasteiger partial charge in [0.15, 0.2) is 5.03 Å². The summed E-state index contributed by atoms with van der Waals surface area (Å²) in [5.74, 6) is -1.15. The SMILES string of the molecule is CCC(NS(=O)(=O)c1ccc(C(=O)O)cn1)c1cccs1. The van der Waals surface area contributed by atoms with Crippen LogP contribution in [0.2, 0.25) is 0 Å². The summed E-state index contributed by atoms with van der Waals surface area (Å²) < 4.78 is 27.1. The van der Waals surface area contributed by atoms with Crippen molar-refractivity contribution >= 4 is 27.3 Å². The Hall–Kier alpha value is -1.77. The molecule has 112 valence electrons. The first-order chi connectivity index (χ1) is 9.94. The summed E-state index contributed by atoms with van der Waals surface area (Å²) in [6.07, 6.45) is 1.63. The predicted molar refractivity (Wildman–Crippen MR) is 78.9 cm³/mol. The van der Waals surface area contributed by atoms with Crippen molar-refractivity contribution in [2.75, 3.05) is 0 Å². The zero-order valence-corrected chi connectivity index (χ0v) is 12.8. The van der Waals surface area contributed by atoms with E-state index in [1.807, 2.05) is 24.4 Å². The third-order valence-corrected chi connectivity index (χ3v) is 5.22. The van der Waals surface area contributed by atoms with Crippen molar-refractivity contribution in [3.05, 3.63) is 46.3 Å². The molecule has 6 nitrogen and oxygen atoms in total. The molecule has 2 aromatic heterocycles. The average Bonchev–Trinajstić information content (AvgIpc) is 2.99. The largest absolute Gasteiger partial charge is 0.478 e. The number of sulfonamides is 1. The fourth-order valence-electron chi connectivity index (χ4n) is 1.75. The molecule has 0 amide bonds. The topological polar surface area (TPSA) is 96.4 Å². The molecule has 0 saturated carbocycles. The number of pyridine rings is 1. The van der Waals surface area contributed by atoms with E-state index >= 15 is 0 Å². The van der Waals surface area contributed by atoms with Crippen LogP contribution in [0.15, 0.2) is 40.9 Å². The summed E-state index contributed by atoms with van der Waals surface area (Å²) in [5.41, 5.74) is -0.0563. The monoisotopic (exact) mass is 326 g/mol. The summed E-state index contributed by atoms with van der Waals surface area (Å²) in [7, 11) is -3.79. The van der Waals surface area contributed by atoms with E-state index in [-0.39, 0.29) is 16.6 Å². The van der Waals surface area contributed by atoms with Crippen molar-refractivity contribution in [2.24, 2.45) is 0 Å². The van der Waals surface area contributed by atoms with Gasteiger partial charge in [-0.2, -0.15) is 0 Å². The maximum atomic E-state index is 12.3. The molecule has 1 unspecified atom stereocenters. The second kappa shape index (κ2) is 6.33. The summed E-state index contributed by atoms with van der Waals surface area (Å²) >= 11 is 1.47. The summed E-state index contributed by atoms with van der Waals surface area (Å²) in [5, 5.41) is 10.5. The number of aromatic nitrogens is 1. The highest BCUT2D eigenvalue weighted by atomic mass is 32.2. The molecular formula is C13H14N2O4S2. The van der Waals surface area contributed by atoms with Crippen molar-refractivity contribution in [3.63, 3.8) is 0 Å². The van der Waals surface area contributed by atoms with E-state index in [9.17, 15) is 13.2 Å². The predicted octanol–water partition coefficient (Wildman–Crippen LogP) is 2.27. The standard InChI is InChI=1S/C13H14N2O4S2/c1-2-10(11-4-3-7-20-11)15-21(18,19)12-6-5-9(8-14-12)13(16)17/h3-8,10,15H,2H2,1H3,(H,16,17). The van der Waals surface area contributed by atoms with E-state index in [0.717, 1.165) is 11.1 Å². The summed E-state index contributed by atoms with van der Waals surface area (Å²) in [6, 6.07) is 5.80. The van der Waals surface area contributed by atoms with Gasteiger partial charge < -0.3 is 5.11 Å². The fraction of sp³-hybridized carbons (Fsp3) is 0.231. The van der Waals surface area contributed by atoms with Gasteiger partial charge in [0.05, 0.1) is 11.6 Å². The molecule has 0 spiro atoms. The smallest absolute Gasteiger partial charge is 0.337 e. The van der Waals surface area contributed by atoms with Crippen LogP contribution in [0.5, 0.6) is 0 Å². The number of carboxylic acid groups (broad SMARTS) is 1. The number of thiophene rings is 1. The summed E-state index contributed by atoms with van der Waals surface area (Å²) in [4.78, 5) is 15.4. The number of nitrogens with one attached hydrogen (secondary N) is 1. The molecule has 0 aromatic carbocycles. The number of hydrogen-bond donors (Lipinski definition) is 2. The van der Waals surface area contributed by atoms with Crippen molar-refractivity contribution in [1.82, 2.24) is 9.71 Å². The van der Waals surface area contributed by atoms with Crippen LogP contribution in [0.1, 0.15) is 34.6 Å². The minimum Gasteiger partial charge on any atom is -0.478 e. The fourth-order valence-corrected chi connectivity index (χ4v) is 3.91. The molecule has 2 heterocycles. The Morgan fingerprint density at radius 3 is 2.67 bits per heavy atom. The lowest BCUT2D eigenvalue weighted by Crippen LogP contribution is -2.28. The normalized spacial score (nSPS) is 13.0. The summed E-state index contributed by atoms with van der Waals surface area (Å²) in [6.45, 7) is 1.88. The molecule has 0 aliphatic heterocycles. The second-order valence-corrected chi connectivity index (χ2v) is 6.93. The third kappa shape index (κ3) is 3.66. The molecule has 2 N–H and O–H groups in total. The zero-order chi connectivity index (χ0) is 15.5.